The van der Waals surface area contributed by atoms with Crippen LogP contribution in [-0.2, 0) is 11.3 Å². The van der Waals surface area contributed by atoms with Crippen molar-refractivity contribution in [3.8, 4) is 0 Å². The molecule has 1 heterocycles. The summed E-state index contributed by atoms with van der Waals surface area (Å²) in [6.07, 6.45) is 1.74. The molecule has 0 aliphatic rings. The van der Waals surface area contributed by atoms with Gasteiger partial charge in [0, 0.05) is 19.2 Å². The maximum Gasteiger partial charge on any atom is 0.329 e. The molecule has 0 atom stereocenters. The van der Waals surface area contributed by atoms with Crippen molar-refractivity contribution in [2.45, 2.75) is 39.3 Å². The number of halogens is 1. The Kier molecular flexibility index (Phi) is 5.44. The summed E-state index contributed by atoms with van der Waals surface area (Å²) < 4.78 is 6.51. The maximum absolute atomic E-state index is 11.5. The van der Waals surface area contributed by atoms with Crippen molar-refractivity contribution in [1.29, 1.82) is 0 Å². The molecule has 0 radical (unpaired) electrons. The van der Waals surface area contributed by atoms with Crippen LogP contribution in [0.25, 0.3) is 0 Å². The minimum Gasteiger partial charge on any atom is -0.379 e. The first-order valence-corrected chi connectivity index (χ1v) is 6.00. The highest BCUT2D eigenvalue weighted by molar-refractivity contribution is 6.29. The van der Waals surface area contributed by atoms with Crippen LogP contribution in [-0.4, -0.2) is 22.3 Å². The third-order valence-electron chi connectivity index (χ3n) is 2.21. The van der Waals surface area contributed by atoms with Gasteiger partial charge < -0.3 is 4.74 Å². The summed E-state index contributed by atoms with van der Waals surface area (Å²) >= 11 is 5.55. The van der Waals surface area contributed by atoms with Gasteiger partial charge in [0.1, 0.15) is 5.15 Å². The monoisotopic (exact) mass is 260 g/mol. The first-order chi connectivity index (χ1) is 8.00. The molecular weight excluding hydrogens is 244 g/mol. The summed E-state index contributed by atoms with van der Waals surface area (Å²) in [4.78, 5) is 25.3. The van der Waals surface area contributed by atoms with Crippen molar-refractivity contribution in [3.05, 3.63) is 32.1 Å². The van der Waals surface area contributed by atoms with E-state index in [2.05, 4.69) is 4.98 Å². The molecule has 0 spiro atoms. The van der Waals surface area contributed by atoms with Crippen LogP contribution < -0.4 is 11.2 Å². The van der Waals surface area contributed by atoms with Gasteiger partial charge in [-0.25, -0.2) is 4.79 Å². The van der Waals surface area contributed by atoms with Crippen LogP contribution in [0.3, 0.4) is 0 Å². The second kappa shape index (κ2) is 6.61. The Morgan fingerprint density at radius 3 is 2.71 bits per heavy atom. The fourth-order valence-electron chi connectivity index (χ4n) is 1.39. The summed E-state index contributed by atoms with van der Waals surface area (Å²) in [6.45, 7) is 4.95. The molecule has 1 rings (SSSR count). The van der Waals surface area contributed by atoms with E-state index in [1.165, 1.54) is 6.07 Å². The predicted molar refractivity (Wildman–Crippen MR) is 66.7 cm³/mol. The number of aromatic amines is 1. The number of aromatic nitrogens is 2. The summed E-state index contributed by atoms with van der Waals surface area (Å²) in [5, 5.41) is 0.0689. The lowest BCUT2D eigenvalue weighted by atomic mass is 10.3. The molecule has 0 aliphatic heterocycles. The predicted octanol–water partition coefficient (Wildman–Crippen LogP) is 1.40. The van der Waals surface area contributed by atoms with E-state index < -0.39 is 5.69 Å². The average molecular weight is 261 g/mol. The number of nitrogens with zero attached hydrogens (tertiary/aromatic N) is 1. The number of unbranched alkanes of at least 4 members (excludes halogenated alkanes) is 1. The van der Waals surface area contributed by atoms with Crippen LogP contribution in [0, 0.1) is 0 Å². The van der Waals surface area contributed by atoms with E-state index in [1.807, 2.05) is 13.8 Å². The third kappa shape index (κ3) is 4.75. The Morgan fingerprint density at radius 1 is 1.41 bits per heavy atom. The Bertz CT molecular complexity index is 433. The van der Waals surface area contributed by atoms with Crippen molar-refractivity contribution in [1.82, 2.24) is 9.55 Å². The zero-order valence-electron chi connectivity index (χ0n) is 10.0. The number of hydrogen-bond acceptors (Lipinski definition) is 3. The Hall–Kier alpha value is -1.07. The van der Waals surface area contributed by atoms with Gasteiger partial charge in [-0.15, -0.1) is 0 Å². The molecule has 6 heteroatoms. The first-order valence-electron chi connectivity index (χ1n) is 5.62. The summed E-state index contributed by atoms with van der Waals surface area (Å²) in [5.74, 6) is 0. The number of rotatable bonds is 6. The van der Waals surface area contributed by atoms with Crippen LogP contribution in [0.2, 0.25) is 5.15 Å². The Labute approximate surface area is 104 Å². The zero-order chi connectivity index (χ0) is 12.8. The molecule has 0 fully saturated rings. The molecule has 1 N–H and O–H groups in total. The van der Waals surface area contributed by atoms with Gasteiger partial charge in [0.05, 0.1) is 6.10 Å². The standard InChI is InChI=1S/C11H17ClN2O3/c1-8(2)17-6-4-3-5-14-10(15)7-9(12)13-11(14)16/h7-8H,3-6H2,1-2H3,(H,13,16). The van der Waals surface area contributed by atoms with Gasteiger partial charge in [0.25, 0.3) is 5.56 Å². The van der Waals surface area contributed by atoms with E-state index in [4.69, 9.17) is 16.3 Å². The normalized spacial score (nSPS) is 11.1. The fourth-order valence-corrected chi connectivity index (χ4v) is 1.57. The van der Waals surface area contributed by atoms with Gasteiger partial charge in [0.2, 0.25) is 0 Å². The van der Waals surface area contributed by atoms with Crippen molar-refractivity contribution < 1.29 is 4.74 Å². The molecular formula is C11H17ClN2O3. The van der Waals surface area contributed by atoms with Gasteiger partial charge in [0.15, 0.2) is 0 Å². The molecule has 0 aliphatic carbocycles. The molecule has 0 saturated heterocycles. The lowest BCUT2D eigenvalue weighted by Crippen LogP contribution is -2.34. The molecule has 0 amide bonds. The zero-order valence-corrected chi connectivity index (χ0v) is 10.8. The van der Waals surface area contributed by atoms with Crippen LogP contribution >= 0.6 is 11.6 Å². The van der Waals surface area contributed by atoms with Gasteiger partial charge in [-0.3, -0.25) is 14.3 Å². The van der Waals surface area contributed by atoms with Crippen molar-refractivity contribution in [2.75, 3.05) is 6.61 Å². The minimum absolute atomic E-state index is 0.0689. The topological polar surface area (TPSA) is 64.1 Å². The SMILES string of the molecule is CC(C)OCCCCn1c(=O)cc(Cl)[nH]c1=O. The number of ether oxygens (including phenoxy) is 1. The molecule has 0 unspecified atom stereocenters. The van der Waals surface area contributed by atoms with Crippen molar-refractivity contribution >= 4 is 11.6 Å². The maximum atomic E-state index is 11.5. The molecule has 1 aromatic rings. The molecule has 17 heavy (non-hydrogen) atoms. The third-order valence-corrected chi connectivity index (χ3v) is 2.42. The second-order valence-electron chi connectivity index (χ2n) is 4.04. The van der Waals surface area contributed by atoms with E-state index in [1.54, 1.807) is 0 Å². The summed E-state index contributed by atoms with van der Waals surface area (Å²) in [7, 11) is 0. The van der Waals surface area contributed by atoms with E-state index in [9.17, 15) is 9.59 Å². The highest BCUT2D eigenvalue weighted by atomic mass is 35.5. The minimum atomic E-state index is -0.465. The second-order valence-corrected chi connectivity index (χ2v) is 4.45. The number of H-pyrrole nitrogens is 1. The van der Waals surface area contributed by atoms with E-state index in [0.717, 1.165) is 17.4 Å². The van der Waals surface area contributed by atoms with Crippen molar-refractivity contribution in [3.63, 3.8) is 0 Å². The van der Waals surface area contributed by atoms with E-state index in [0.29, 0.717) is 13.2 Å². The highest BCUT2D eigenvalue weighted by Crippen LogP contribution is 1.97. The largest absolute Gasteiger partial charge is 0.379 e. The molecule has 0 aromatic carbocycles. The van der Waals surface area contributed by atoms with Crippen LogP contribution in [0.1, 0.15) is 26.7 Å². The summed E-state index contributed by atoms with van der Waals surface area (Å²) in [6, 6.07) is 1.20. The quantitative estimate of drug-likeness (QED) is 0.621. The van der Waals surface area contributed by atoms with Gasteiger partial charge in [-0.2, -0.15) is 0 Å². The highest BCUT2D eigenvalue weighted by Gasteiger charge is 2.02. The number of nitrogens with one attached hydrogen (secondary N) is 1. The molecule has 0 saturated carbocycles. The molecule has 1 aromatic heterocycles. The lowest BCUT2D eigenvalue weighted by molar-refractivity contribution is 0.0753. The van der Waals surface area contributed by atoms with Crippen LogP contribution in [0.5, 0.6) is 0 Å². The number of hydrogen-bond donors (Lipinski definition) is 1. The molecule has 96 valence electrons. The molecule has 5 nitrogen and oxygen atoms in total. The average Bonchev–Trinajstić information content (AvgIpc) is 2.20. The van der Waals surface area contributed by atoms with E-state index in [-0.39, 0.29) is 16.8 Å². The van der Waals surface area contributed by atoms with E-state index >= 15 is 0 Å². The fraction of sp³-hybridized carbons (Fsp3) is 0.636. The van der Waals surface area contributed by atoms with Crippen LogP contribution in [0.4, 0.5) is 0 Å². The van der Waals surface area contributed by atoms with Crippen molar-refractivity contribution in [2.24, 2.45) is 0 Å². The summed E-state index contributed by atoms with van der Waals surface area (Å²) in [5.41, 5.74) is -0.837. The van der Waals surface area contributed by atoms with Gasteiger partial charge in [-0.1, -0.05) is 11.6 Å². The van der Waals surface area contributed by atoms with Gasteiger partial charge >= 0.3 is 5.69 Å². The van der Waals surface area contributed by atoms with Crippen LogP contribution in [0.15, 0.2) is 15.7 Å². The van der Waals surface area contributed by atoms with Gasteiger partial charge in [-0.05, 0) is 26.7 Å². The first kappa shape index (κ1) is 14.0. The molecule has 0 bridgehead atoms. The Balaban J connectivity index is 2.48. The smallest absolute Gasteiger partial charge is 0.329 e. The Morgan fingerprint density at radius 2 is 2.12 bits per heavy atom. The lowest BCUT2D eigenvalue weighted by Gasteiger charge is -2.07.